The van der Waals surface area contributed by atoms with E-state index in [2.05, 4.69) is 22.1 Å². The lowest BCUT2D eigenvalue weighted by Gasteiger charge is -2.45. The van der Waals surface area contributed by atoms with Gasteiger partial charge in [-0.1, -0.05) is 0 Å². The van der Waals surface area contributed by atoms with E-state index >= 15 is 0 Å². The molecule has 0 aromatic rings. The van der Waals surface area contributed by atoms with Crippen LogP contribution in [0.1, 0.15) is 39.5 Å². The van der Waals surface area contributed by atoms with E-state index in [1.165, 1.54) is 31.6 Å². The topological polar surface area (TPSA) is 64.9 Å². The highest BCUT2D eigenvalue weighted by Crippen LogP contribution is 2.31. The van der Waals surface area contributed by atoms with Gasteiger partial charge in [0.25, 0.3) is 5.97 Å². The summed E-state index contributed by atoms with van der Waals surface area (Å²) < 4.78 is 0. The van der Waals surface area contributed by atoms with Crippen molar-refractivity contribution in [2.24, 2.45) is 4.99 Å². The first-order valence-corrected chi connectivity index (χ1v) is 6.36. The zero-order chi connectivity index (χ0) is 12.4. The van der Waals surface area contributed by atoms with Gasteiger partial charge in [0.05, 0.1) is 12.6 Å². The summed E-state index contributed by atoms with van der Waals surface area (Å²) in [6.45, 7) is 4.38. The van der Waals surface area contributed by atoms with Gasteiger partial charge in [-0.25, -0.2) is 0 Å². The van der Waals surface area contributed by atoms with Crippen LogP contribution in [0, 0.1) is 0 Å². The highest BCUT2D eigenvalue weighted by Gasteiger charge is 2.40. The number of carboxylic acids is 1. The van der Waals surface area contributed by atoms with E-state index in [1.54, 1.807) is 0 Å². The van der Waals surface area contributed by atoms with E-state index in [9.17, 15) is 0 Å². The van der Waals surface area contributed by atoms with Crippen LogP contribution in [0.25, 0.3) is 0 Å². The van der Waals surface area contributed by atoms with Crippen LogP contribution in [0.3, 0.4) is 0 Å². The second-order valence-corrected chi connectivity index (χ2v) is 5.11. The molecule has 0 unspecified atom stereocenters. The summed E-state index contributed by atoms with van der Waals surface area (Å²) >= 11 is 0. The molecule has 3 aliphatic heterocycles. The fourth-order valence-corrected chi connectivity index (χ4v) is 3.00. The largest absolute Gasteiger partial charge is 0.481 e. The van der Waals surface area contributed by atoms with Crippen LogP contribution >= 0.6 is 0 Å². The fraction of sp³-hybridized carbons (Fsp3) is 0.833. The quantitative estimate of drug-likeness (QED) is 0.663. The summed E-state index contributed by atoms with van der Waals surface area (Å²) in [6.07, 6.45) is 5.43. The van der Waals surface area contributed by atoms with Crippen molar-refractivity contribution < 1.29 is 9.90 Å². The maximum atomic E-state index is 9.00. The maximum Gasteiger partial charge on any atom is 0.300 e. The Bertz CT molecular complexity index is 326. The lowest BCUT2D eigenvalue weighted by atomic mass is 9.91. The Kier molecular flexibility index (Phi) is 3.54. The van der Waals surface area contributed by atoms with Crippen LogP contribution in [0.5, 0.6) is 0 Å². The third kappa shape index (κ3) is 2.70. The Labute approximate surface area is 102 Å². The average Bonchev–Trinajstić information content (AvgIpc) is 2.62. The molecule has 3 aliphatic rings. The highest BCUT2D eigenvalue weighted by atomic mass is 16.4. The molecule has 5 heteroatoms. The van der Waals surface area contributed by atoms with Gasteiger partial charge in [0, 0.05) is 19.0 Å². The molecule has 2 saturated heterocycles. The lowest BCUT2D eigenvalue weighted by Crippen LogP contribution is -2.59. The van der Waals surface area contributed by atoms with Crippen molar-refractivity contribution >= 4 is 11.9 Å². The number of aliphatic carboxylic acids is 1. The molecule has 0 aromatic carbocycles. The Hall–Kier alpha value is -1.26. The number of nitrogens with zero attached hydrogens (tertiary/aromatic N) is 2. The maximum absolute atomic E-state index is 9.00. The third-order valence-corrected chi connectivity index (χ3v) is 3.56. The van der Waals surface area contributed by atoms with E-state index in [1.807, 2.05) is 0 Å². The van der Waals surface area contributed by atoms with Crippen LogP contribution in [0.2, 0.25) is 0 Å². The van der Waals surface area contributed by atoms with Crippen molar-refractivity contribution in [3.05, 3.63) is 0 Å². The number of piperidine rings is 1. The van der Waals surface area contributed by atoms with Crippen molar-refractivity contribution in [3.8, 4) is 0 Å². The predicted molar refractivity (Wildman–Crippen MR) is 66.1 cm³/mol. The minimum Gasteiger partial charge on any atom is -0.481 e. The summed E-state index contributed by atoms with van der Waals surface area (Å²) in [6, 6.07) is 2.14. The molecule has 0 spiro atoms. The summed E-state index contributed by atoms with van der Waals surface area (Å²) in [5.41, 5.74) is 0. The number of aliphatic imine (C=N–C) groups is 1. The molecule has 0 saturated carbocycles. The van der Waals surface area contributed by atoms with Gasteiger partial charge in [0.2, 0.25) is 0 Å². The van der Waals surface area contributed by atoms with Gasteiger partial charge in [0.1, 0.15) is 0 Å². The number of carboxylic acid groups (broad SMARTS) is 1. The first-order chi connectivity index (χ1) is 8.08. The molecule has 2 N–H and O–H groups in total. The smallest absolute Gasteiger partial charge is 0.300 e. The van der Waals surface area contributed by atoms with Crippen molar-refractivity contribution in [2.75, 3.05) is 6.54 Å². The Balaban J connectivity index is 0.000000239. The summed E-state index contributed by atoms with van der Waals surface area (Å²) in [7, 11) is 0. The zero-order valence-electron chi connectivity index (χ0n) is 10.5. The van der Waals surface area contributed by atoms with E-state index in [-0.39, 0.29) is 0 Å². The van der Waals surface area contributed by atoms with E-state index in [0.29, 0.717) is 6.04 Å². The van der Waals surface area contributed by atoms with Crippen molar-refractivity contribution in [1.82, 2.24) is 10.2 Å². The molecule has 3 rings (SSSR count). The predicted octanol–water partition coefficient (Wildman–Crippen LogP) is 1.05. The molecule has 3 heterocycles. The molecule has 17 heavy (non-hydrogen) atoms. The number of carbonyl (C=O) groups is 1. The second kappa shape index (κ2) is 4.94. The number of hydrogen-bond donors (Lipinski definition) is 2. The highest BCUT2D eigenvalue weighted by molar-refractivity contribution is 5.83. The molecule has 0 radical (unpaired) electrons. The first kappa shape index (κ1) is 12.2. The monoisotopic (exact) mass is 239 g/mol. The molecule has 3 atom stereocenters. The molecular formula is C12H21N3O2. The number of nitrogens with one attached hydrogen (secondary N) is 1. The van der Waals surface area contributed by atoms with Crippen LogP contribution in [0.4, 0.5) is 0 Å². The van der Waals surface area contributed by atoms with Gasteiger partial charge >= 0.3 is 0 Å². The van der Waals surface area contributed by atoms with Gasteiger partial charge in [-0.3, -0.25) is 9.79 Å². The minimum absolute atomic E-state index is 0.622. The number of guanidine groups is 1. The molecule has 0 aromatic heterocycles. The Morgan fingerprint density at radius 1 is 1.47 bits per heavy atom. The average molecular weight is 239 g/mol. The van der Waals surface area contributed by atoms with E-state index in [0.717, 1.165) is 25.6 Å². The Morgan fingerprint density at radius 3 is 2.82 bits per heavy atom. The molecule has 0 aliphatic carbocycles. The minimum atomic E-state index is -0.833. The van der Waals surface area contributed by atoms with Gasteiger partial charge in [0.15, 0.2) is 5.96 Å². The lowest BCUT2D eigenvalue weighted by molar-refractivity contribution is -0.134. The first-order valence-electron chi connectivity index (χ1n) is 6.36. The van der Waals surface area contributed by atoms with Crippen LogP contribution in [0.15, 0.2) is 4.99 Å². The molecule has 0 bridgehead atoms. The number of hydrogen-bond acceptors (Lipinski definition) is 4. The fourth-order valence-electron chi connectivity index (χ4n) is 3.00. The zero-order valence-corrected chi connectivity index (χ0v) is 10.5. The third-order valence-electron chi connectivity index (χ3n) is 3.56. The van der Waals surface area contributed by atoms with Crippen LogP contribution < -0.4 is 5.32 Å². The van der Waals surface area contributed by atoms with E-state index < -0.39 is 5.97 Å². The standard InChI is InChI=1S/C10H17N3.C2H4O2/c1-7-5-8-3-2-4-9-6-11-10(12-7)13(8)9;1-2(3)4/h7-9H,2-6H2,1H3,(H,11,12);1H3,(H,3,4)/t7-,8+,9-;/m0./s1. The van der Waals surface area contributed by atoms with Gasteiger partial charge in [-0.05, 0) is 32.6 Å². The van der Waals surface area contributed by atoms with Crippen molar-refractivity contribution in [2.45, 2.75) is 57.7 Å². The molecule has 5 nitrogen and oxygen atoms in total. The summed E-state index contributed by atoms with van der Waals surface area (Å²) in [5, 5.41) is 10.9. The normalized spacial score (nSPS) is 33.9. The van der Waals surface area contributed by atoms with Crippen LogP contribution in [-0.4, -0.2) is 46.6 Å². The Morgan fingerprint density at radius 2 is 2.12 bits per heavy atom. The van der Waals surface area contributed by atoms with Crippen LogP contribution in [-0.2, 0) is 4.79 Å². The molecule has 0 amide bonds. The van der Waals surface area contributed by atoms with Gasteiger partial charge < -0.3 is 15.3 Å². The molecule has 2 fully saturated rings. The molecule has 96 valence electrons. The van der Waals surface area contributed by atoms with E-state index in [4.69, 9.17) is 9.90 Å². The molecular weight excluding hydrogens is 218 g/mol. The van der Waals surface area contributed by atoms with Gasteiger partial charge in [-0.2, -0.15) is 0 Å². The van der Waals surface area contributed by atoms with Crippen molar-refractivity contribution in [3.63, 3.8) is 0 Å². The summed E-state index contributed by atoms with van der Waals surface area (Å²) in [4.78, 5) is 16.1. The van der Waals surface area contributed by atoms with Crippen molar-refractivity contribution in [1.29, 1.82) is 0 Å². The van der Waals surface area contributed by atoms with Gasteiger partial charge in [-0.15, -0.1) is 0 Å². The number of rotatable bonds is 0. The SMILES string of the molecule is CC(=O)O.C[C@H]1C[C@H]2CCC[C@H]3CN=C(N1)N23. The second-order valence-electron chi connectivity index (χ2n) is 5.11. The summed E-state index contributed by atoms with van der Waals surface area (Å²) in [5.74, 6) is 0.355.